The predicted octanol–water partition coefficient (Wildman–Crippen LogP) is 3.28. The van der Waals surface area contributed by atoms with Crippen LogP contribution < -0.4 is 21.7 Å². The second-order valence-electron chi connectivity index (χ2n) is 19.7. The Morgan fingerprint density at radius 2 is 1.40 bits per heavy atom. The molecule has 52 heavy (non-hydrogen) atoms. The molecule has 2 heterocycles. The molecule has 292 valence electrons. The van der Waals surface area contributed by atoms with E-state index in [1.165, 1.54) is 0 Å². The van der Waals surface area contributed by atoms with Crippen LogP contribution in [0.1, 0.15) is 121 Å². The van der Waals surface area contributed by atoms with E-state index in [1.807, 2.05) is 55.4 Å². The van der Waals surface area contributed by atoms with Crippen LogP contribution in [0, 0.1) is 33.0 Å². The average molecular weight is 729 g/mol. The van der Waals surface area contributed by atoms with Crippen molar-refractivity contribution in [3.63, 3.8) is 0 Å². The van der Waals surface area contributed by atoms with Gasteiger partial charge in [-0.05, 0) is 67.1 Å². The normalized spacial score (nSPS) is 27.8. The minimum Gasteiger partial charge on any atom is -0.377 e. The van der Waals surface area contributed by atoms with Gasteiger partial charge in [0.1, 0.15) is 18.1 Å². The fraction of sp³-hybridized carbons (Fsp3) is 0.846. The number of likely N-dealkylation sites (tertiary alicyclic amines) is 1. The summed E-state index contributed by atoms with van der Waals surface area (Å²) in [6.45, 7) is 21.1. The summed E-state index contributed by atoms with van der Waals surface area (Å²) in [5, 5.41) is 8.69. The lowest BCUT2D eigenvalue weighted by Crippen LogP contribution is -2.65. The lowest BCUT2D eigenvalue weighted by atomic mass is 9.73. The number of hydrogen-bond donors (Lipinski definition) is 4. The molecule has 0 aromatic heterocycles. The Balaban J connectivity index is 1.40. The van der Waals surface area contributed by atoms with Crippen molar-refractivity contribution in [2.24, 2.45) is 38.7 Å². The molecule has 5 atom stereocenters. The molecule has 13 nitrogen and oxygen atoms in total. The smallest absolute Gasteiger partial charge is 0.316 e. The van der Waals surface area contributed by atoms with Crippen molar-refractivity contribution in [1.29, 1.82) is 0 Å². The lowest BCUT2D eigenvalue weighted by Gasteiger charge is -2.45. The molecule has 13 heteroatoms. The number of amides is 6. The molecule has 2 saturated heterocycles. The van der Waals surface area contributed by atoms with Gasteiger partial charge in [-0.1, -0.05) is 81.1 Å². The van der Waals surface area contributed by atoms with Gasteiger partial charge in [0.2, 0.25) is 23.5 Å². The Morgan fingerprint density at radius 1 is 0.827 bits per heavy atom. The van der Waals surface area contributed by atoms with Crippen molar-refractivity contribution in [3.8, 4) is 0 Å². The Morgan fingerprint density at radius 3 is 1.85 bits per heavy atom. The van der Waals surface area contributed by atoms with E-state index >= 15 is 0 Å². The third-order valence-corrected chi connectivity index (χ3v) is 13.8. The number of Topliss-reactive ketones (excluding diaryl/α,β-unsaturated/α-hetero) is 1. The molecular formula is C39H64N6O7. The molecule has 2 unspecified atom stereocenters. The van der Waals surface area contributed by atoms with Crippen LogP contribution in [0.3, 0.4) is 0 Å². The third kappa shape index (κ3) is 6.83. The zero-order valence-electron chi connectivity index (χ0n) is 33.2. The second-order valence-corrected chi connectivity index (χ2v) is 19.7. The van der Waals surface area contributed by atoms with Gasteiger partial charge < -0.3 is 36.2 Å². The molecule has 2 aliphatic heterocycles. The fourth-order valence-corrected chi connectivity index (χ4v) is 9.99. The quantitative estimate of drug-likeness (QED) is 0.249. The van der Waals surface area contributed by atoms with E-state index in [1.54, 1.807) is 9.80 Å². The van der Waals surface area contributed by atoms with Gasteiger partial charge in [-0.2, -0.15) is 0 Å². The highest BCUT2D eigenvalue weighted by atomic mass is 16.5. The predicted molar refractivity (Wildman–Crippen MR) is 195 cm³/mol. The van der Waals surface area contributed by atoms with Gasteiger partial charge in [0.15, 0.2) is 0 Å². The summed E-state index contributed by atoms with van der Waals surface area (Å²) in [5.74, 6) is -2.82. The summed E-state index contributed by atoms with van der Waals surface area (Å²) >= 11 is 0. The highest BCUT2D eigenvalue weighted by Gasteiger charge is 2.85. The molecule has 0 aromatic carbocycles. The van der Waals surface area contributed by atoms with Crippen LogP contribution >= 0.6 is 0 Å². The van der Waals surface area contributed by atoms with E-state index in [2.05, 4.69) is 29.8 Å². The van der Waals surface area contributed by atoms with Crippen LogP contribution in [-0.2, 0) is 28.7 Å². The fourth-order valence-electron chi connectivity index (χ4n) is 9.99. The zero-order chi connectivity index (χ0) is 38.8. The summed E-state index contributed by atoms with van der Waals surface area (Å²) in [6, 6.07) is -4.56. The summed E-state index contributed by atoms with van der Waals surface area (Å²) in [5.41, 5.74) is 3.02. The summed E-state index contributed by atoms with van der Waals surface area (Å²) in [7, 11) is 0. The van der Waals surface area contributed by atoms with E-state index < -0.39 is 70.1 Å². The number of carbonyl (C=O) groups excluding carboxylic acids is 6. The number of nitrogens with zero attached hydrogens (tertiary/aromatic N) is 2. The van der Waals surface area contributed by atoms with Crippen molar-refractivity contribution in [2.45, 2.75) is 150 Å². The van der Waals surface area contributed by atoms with Crippen LogP contribution in [0.15, 0.2) is 0 Å². The van der Waals surface area contributed by atoms with Crippen molar-refractivity contribution in [2.75, 3.05) is 26.3 Å². The summed E-state index contributed by atoms with van der Waals surface area (Å²) in [4.78, 5) is 85.4. The first kappa shape index (κ1) is 40.0. The molecule has 0 radical (unpaired) electrons. The molecular weight excluding hydrogens is 664 g/mol. The first-order valence-electron chi connectivity index (χ1n) is 19.3. The highest BCUT2D eigenvalue weighted by Crippen LogP contribution is 2.88. The van der Waals surface area contributed by atoms with Gasteiger partial charge in [-0.3, -0.25) is 24.0 Å². The molecule has 5 rings (SSSR count). The minimum absolute atomic E-state index is 0.0114. The van der Waals surface area contributed by atoms with Crippen molar-refractivity contribution in [1.82, 2.24) is 25.8 Å². The van der Waals surface area contributed by atoms with Crippen LogP contribution in [0.5, 0.6) is 0 Å². The molecule has 0 aromatic rings. The van der Waals surface area contributed by atoms with Gasteiger partial charge in [0.05, 0.1) is 24.8 Å². The van der Waals surface area contributed by atoms with Crippen molar-refractivity contribution >= 4 is 35.4 Å². The Labute approximate surface area is 309 Å². The molecule has 5 N–H and O–H groups in total. The van der Waals surface area contributed by atoms with Gasteiger partial charge >= 0.3 is 6.03 Å². The molecule has 6 amide bonds. The first-order chi connectivity index (χ1) is 23.9. The van der Waals surface area contributed by atoms with Crippen LogP contribution in [0.25, 0.3) is 0 Å². The van der Waals surface area contributed by atoms with Crippen LogP contribution in [0.4, 0.5) is 4.79 Å². The maximum absolute atomic E-state index is 14.9. The van der Waals surface area contributed by atoms with E-state index in [0.29, 0.717) is 39.1 Å². The number of carbonyl (C=O) groups is 6. The summed E-state index contributed by atoms with van der Waals surface area (Å²) in [6.07, 6.45) is 6.75. The molecule has 3 saturated carbocycles. The van der Waals surface area contributed by atoms with Gasteiger partial charge in [-0.15, -0.1) is 0 Å². The second kappa shape index (κ2) is 13.6. The van der Waals surface area contributed by atoms with E-state index in [4.69, 9.17) is 10.5 Å². The highest BCUT2D eigenvalue weighted by molar-refractivity contribution is 6.37. The van der Waals surface area contributed by atoms with Crippen LogP contribution in [0.2, 0.25) is 0 Å². The molecule has 2 spiro atoms. The van der Waals surface area contributed by atoms with Gasteiger partial charge in [0, 0.05) is 18.5 Å². The number of primary amides is 1. The maximum Gasteiger partial charge on any atom is 0.316 e. The number of nitrogens with two attached hydrogens (primary N) is 1. The summed E-state index contributed by atoms with van der Waals surface area (Å²) < 4.78 is 5.62. The average Bonchev–Trinajstić information content (AvgIpc) is 3.20. The number of ketones is 1. The number of urea groups is 1. The topological polar surface area (TPSA) is 180 Å². The maximum atomic E-state index is 14.9. The molecule has 3 aliphatic carbocycles. The lowest BCUT2D eigenvalue weighted by molar-refractivity contribution is -0.151. The number of ether oxygens (including phenoxy) is 1. The molecule has 5 aliphatic rings. The van der Waals surface area contributed by atoms with E-state index in [0.717, 1.165) is 38.5 Å². The monoisotopic (exact) mass is 728 g/mol. The number of hydrogen-bond acceptors (Lipinski definition) is 7. The van der Waals surface area contributed by atoms with E-state index in [9.17, 15) is 28.8 Å². The minimum atomic E-state index is -1.09. The number of rotatable bonds is 10. The number of nitrogens with one attached hydrogen (secondary N) is 3. The number of fused-ring (bicyclic) bond motifs is 1. The van der Waals surface area contributed by atoms with Crippen molar-refractivity contribution in [3.05, 3.63) is 0 Å². The zero-order valence-corrected chi connectivity index (χ0v) is 33.2. The van der Waals surface area contributed by atoms with Crippen molar-refractivity contribution < 1.29 is 33.5 Å². The Bertz CT molecular complexity index is 1470. The Hall–Kier alpha value is -3.22. The van der Waals surface area contributed by atoms with Crippen LogP contribution in [-0.4, -0.2) is 101 Å². The molecule has 0 bridgehead atoms. The molecule has 5 fully saturated rings. The van der Waals surface area contributed by atoms with E-state index in [-0.39, 0.29) is 28.1 Å². The Kier molecular flexibility index (Phi) is 10.4. The first-order valence-corrected chi connectivity index (χ1v) is 19.3. The largest absolute Gasteiger partial charge is 0.377 e. The van der Waals surface area contributed by atoms with Gasteiger partial charge in [-0.25, -0.2) is 4.79 Å². The SMILES string of the molecule is CC(C)(C)C(NC(=O)N[C@@H](C(=O)N1C[C@]2(C[C@H]1C(=O)NC(CC1CCC1)C(=O)C(N)=O)C(C)(C)C21CCC1)C(C)(C)C)C(=O)N1CCOCC1(C)C. The standard InChI is InChI=1S/C39H64N6O7/c1-34(2,3)27(42-33(51)43-28(35(4,5)6)32(50)45-17-18-52-22-36(45,7)8)31(49)44-21-39(37(9,10)38(39)15-12-16-38)20-25(44)30(48)41-24(26(46)29(40)47)19-23-13-11-14-23/h23-25,27-28H,11-22H2,1-10H3,(H2,40,47)(H,41,48)(H2,42,43,51)/t24?,25-,27-,28?,39+/m0/s1. The number of morpholine rings is 1. The van der Waals surface area contributed by atoms with Gasteiger partial charge in [0.25, 0.3) is 5.91 Å². The third-order valence-electron chi connectivity index (χ3n) is 13.8.